The van der Waals surface area contributed by atoms with Crippen LogP contribution in [0.4, 0.5) is 11.4 Å². The van der Waals surface area contributed by atoms with Gasteiger partial charge in [0.15, 0.2) is 0 Å². The first-order valence-corrected chi connectivity index (χ1v) is 9.03. The number of fused-ring (bicyclic) bond motifs is 1. The molecule has 106 valence electrons. The summed E-state index contributed by atoms with van der Waals surface area (Å²) in [5, 5.41) is 5.40. The van der Waals surface area contributed by atoms with E-state index in [0.29, 0.717) is 5.25 Å². The maximum Gasteiger partial charge on any atom is 0.0727 e. The Balaban J connectivity index is 1.83. The van der Waals surface area contributed by atoms with E-state index in [2.05, 4.69) is 39.9 Å². The van der Waals surface area contributed by atoms with Crippen molar-refractivity contribution in [2.75, 3.05) is 34.9 Å². The molecule has 0 saturated carbocycles. The van der Waals surface area contributed by atoms with Crippen molar-refractivity contribution in [3.05, 3.63) is 30.0 Å². The van der Waals surface area contributed by atoms with Crippen LogP contribution in [0.3, 0.4) is 0 Å². The molecule has 2 heterocycles. The molecular weight excluding hydrogens is 286 g/mol. The Hall–Kier alpha value is -1.07. The summed E-state index contributed by atoms with van der Waals surface area (Å²) in [6.45, 7) is 3.04. The van der Waals surface area contributed by atoms with E-state index in [0.717, 1.165) is 34.5 Å². The lowest BCUT2D eigenvalue weighted by Crippen LogP contribution is -2.23. The fourth-order valence-electron chi connectivity index (χ4n) is 2.40. The van der Waals surface area contributed by atoms with Gasteiger partial charge in [-0.3, -0.25) is 4.98 Å². The standard InChI is InChI=1S/C15H19N3S2/c1-10-6-15(17-8-12-9-19-4-5-20-12)13-7-11(16)2-3-14(13)18-10/h2-3,6-7,12H,4-5,8-9,16H2,1H3,(H,17,18). The Kier molecular flexibility index (Phi) is 4.27. The Bertz CT molecular complexity index is 609. The predicted molar refractivity (Wildman–Crippen MR) is 93.0 cm³/mol. The Labute approximate surface area is 128 Å². The fourth-order valence-corrected chi connectivity index (χ4v) is 5.01. The number of pyridine rings is 1. The van der Waals surface area contributed by atoms with Gasteiger partial charge in [0, 0.05) is 51.5 Å². The molecule has 5 heteroatoms. The number of nitrogens with zero attached hydrogens (tertiary/aromatic N) is 1. The lowest BCUT2D eigenvalue weighted by Gasteiger charge is -2.22. The summed E-state index contributed by atoms with van der Waals surface area (Å²) in [6, 6.07) is 8.02. The molecule has 1 aromatic heterocycles. The summed E-state index contributed by atoms with van der Waals surface area (Å²) in [5.74, 6) is 3.79. The largest absolute Gasteiger partial charge is 0.399 e. The molecule has 0 bridgehead atoms. The summed E-state index contributed by atoms with van der Waals surface area (Å²) in [6.07, 6.45) is 0. The maximum absolute atomic E-state index is 5.91. The van der Waals surface area contributed by atoms with Crippen LogP contribution in [0.5, 0.6) is 0 Å². The Morgan fingerprint density at radius 2 is 2.25 bits per heavy atom. The van der Waals surface area contributed by atoms with Gasteiger partial charge in [-0.25, -0.2) is 0 Å². The van der Waals surface area contributed by atoms with Gasteiger partial charge >= 0.3 is 0 Å². The van der Waals surface area contributed by atoms with E-state index in [9.17, 15) is 0 Å². The molecule has 3 nitrogen and oxygen atoms in total. The molecule has 1 unspecified atom stereocenters. The summed E-state index contributed by atoms with van der Waals surface area (Å²) < 4.78 is 0. The highest BCUT2D eigenvalue weighted by Gasteiger charge is 2.14. The molecule has 0 aliphatic carbocycles. The van der Waals surface area contributed by atoms with Crippen molar-refractivity contribution in [1.82, 2.24) is 4.98 Å². The third kappa shape index (κ3) is 3.15. The van der Waals surface area contributed by atoms with Gasteiger partial charge in [-0.1, -0.05) is 0 Å². The number of rotatable bonds is 3. The van der Waals surface area contributed by atoms with E-state index >= 15 is 0 Å². The summed E-state index contributed by atoms with van der Waals surface area (Å²) in [5.41, 5.74) is 9.89. The van der Waals surface area contributed by atoms with Gasteiger partial charge in [0.2, 0.25) is 0 Å². The maximum atomic E-state index is 5.91. The Morgan fingerprint density at radius 1 is 1.35 bits per heavy atom. The minimum atomic E-state index is 0.693. The van der Waals surface area contributed by atoms with Gasteiger partial charge in [0.25, 0.3) is 0 Å². The normalized spacial score (nSPS) is 19.1. The van der Waals surface area contributed by atoms with Gasteiger partial charge in [-0.2, -0.15) is 23.5 Å². The first-order chi connectivity index (χ1) is 9.72. The number of thioether (sulfide) groups is 2. The number of anilines is 2. The molecule has 0 spiro atoms. The highest BCUT2D eigenvalue weighted by atomic mass is 32.2. The van der Waals surface area contributed by atoms with E-state index in [1.807, 2.05) is 25.1 Å². The minimum absolute atomic E-state index is 0.693. The third-order valence-corrected chi connectivity index (χ3v) is 6.21. The van der Waals surface area contributed by atoms with Crippen molar-refractivity contribution in [3.8, 4) is 0 Å². The van der Waals surface area contributed by atoms with Crippen molar-refractivity contribution in [1.29, 1.82) is 0 Å². The zero-order chi connectivity index (χ0) is 13.9. The van der Waals surface area contributed by atoms with Crippen LogP contribution >= 0.6 is 23.5 Å². The second-order valence-corrected chi connectivity index (χ2v) is 7.59. The number of nitrogens with two attached hydrogens (primary N) is 1. The number of aromatic nitrogens is 1. The molecule has 1 atom stereocenters. The molecule has 1 aliphatic heterocycles. The summed E-state index contributed by atoms with van der Waals surface area (Å²) >= 11 is 4.13. The first kappa shape index (κ1) is 13.9. The van der Waals surface area contributed by atoms with Crippen LogP contribution in [0.1, 0.15) is 5.69 Å². The highest BCUT2D eigenvalue weighted by Crippen LogP contribution is 2.28. The van der Waals surface area contributed by atoms with Crippen molar-refractivity contribution >= 4 is 45.8 Å². The molecule has 1 saturated heterocycles. The highest BCUT2D eigenvalue weighted by molar-refractivity contribution is 8.06. The zero-order valence-electron chi connectivity index (χ0n) is 11.6. The molecule has 0 amide bonds. The SMILES string of the molecule is Cc1cc(NCC2CSCCS2)c2cc(N)ccc2n1. The number of benzene rings is 1. The topological polar surface area (TPSA) is 50.9 Å². The number of nitrogens with one attached hydrogen (secondary N) is 1. The van der Waals surface area contributed by atoms with Crippen LogP contribution in [-0.4, -0.2) is 34.0 Å². The molecular formula is C15H19N3S2. The van der Waals surface area contributed by atoms with Crippen molar-refractivity contribution < 1.29 is 0 Å². The smallest absolute Gasteiger partial charge is 0.0727 e. The van der Waals surface area contributed by atoms with E-state index < -0.39 is 0 Å². The molecule has 20 heavy (non-hydrogen) atoms. The van der Waals surface area contributed by atoms with Gasteiger partial charge in [-0.15, -0.1) is 0 Å². The van der Waals surface area contributed by atoms with Crippen molar-refractivity contribution in [2.24, 2.45) is 0 Å². The fraction of sp³-hybridized carbons (Fsp3) is 0.400. The van der Waals surface area contributed by atoms with Gasteiger partial charge in [-0.05, 0) is 31.2 Å². The average molecular weight is 305 g/mol. The minimum Gasteiger partial charge on any atom is -0.399 e. The van der Waals surface area contributed by atoms with Crippen LogP contribution in [0.25, 0.3) is 10.9 Å². The van der Waals surface area contributed by atoms with Gasteiger partial charge in [0.1, 0.15) is 0 Å². The van der Waals surface area contributed by atoms with E-state index in [4.69, 9.17) is 5.73 Å². The molecule has 2 aromatic rings. The second-order valence-electron chi connectivity index (χ2n) is 5.04. The number of nitrogen functional groups attached to an aromatic ring is 1. The molecule has 3 rings (SSSR count). The Morgan fingerprint density at radius 3 is 3.05 bits per heavy atom. The van der Waals surface area contributed by atoms with Crippen molar-refractivity contribution in [3.63, 3.8) is 0 Å². The molecule has 0 radical (unpaired) electrons. The second kappa shape index (κ2) is 6.14. The summed E-state index contributed by atoms with van der Waals surface area (Å²) in [4.78, 5) is 4.57. The quantitative estimate of drug-likeness (QED) is 0.851. The predicted octanol–water partition coefficient (Wildman–Crippen LogP) is 3.39. The molecule has 3 N–H and O–H groups in total. The number of aryl methyl sites for hydroxylation is 1. The van der Waals surface area contributed by atoms with Crippen LogP contribution in [-0.2, 0) is 0 Å². The lowest BCUT2D eigenvalue weighted by atomic mass is 10.1. The van der Waals surface area contributed by atoms with Crippen LogP contribution in [0.2, 0.25) is 0 Å². The van der Waals surface area contributed by atoms with E-state index in [1.54, 1.807) is 0 Å². The van der Waals surface area contributed by atoms with Crippen LogP contribution in [0, 0.1) is 6.92 Å². The van der Waals surface area contributed by atoms with Gasteiger partial charge in [0.05, 0.1) is 5.52 Å². The number of hydrogen-bond donors (Lipinski definition) is 2. The van der Waals surface area contributed by atoms with Crippen LogP contribution < -0.4 is 11.1 Å². The molecule has 1 aromatic carbocycles. The zero-order valence-corrected chi connectivity index (χ0v) is 13.2. The molecule has 1 fully saturated rings. The molecule has 1 aliphatic rings. The number of hydrogen-bond acceptors (Lipinski definition) is 5. The van der Waals surface area contributed by atoms with Crippen molar-refractivity contribution in [2.45, 2.75) is 12.2 Å². The average Bonchev–Trinajstić information content (AvgIpc) is 2.46. The monoisotopic (exact) mass is 305 g/mol. The van der Waals surface area contributed by atoms with E-state index in [1.165, 1.54) is 17.3 Å². The third-order valence-electron chi connectivity index (χ3n) is 3.37. The summed E-state index contributed by atoms with van der Waals surface area (Å²) in [7, 11) is 0. The first-order valence-electron chi connectivity index (χ1n) is 6.82. The van der Waals surface area contributed by atoms with Gasteiger partial charge < -0.3 is 11.1 Å². The lowest BCUT2D eigenvalue weighted by molar-refractivity contribution is 1.01. The van der Waals surface area contributed by atoms with Crippen LogP contribution in [0.15, 0.2) is 24.3 Å². The van der Waals surface area contributed by atoms with E-state index in [-0.39, 0.29) is 0 Å².